The number of thioether (sulfide) groups is 1. The third-order valence-corrected chi connectivity index (χ3v) is 2.49. The molecule has 0 spiro atoms. The first-order chi connectivity index (χ1) is 7.22. The third-order valence-electron chi connectivity index (χ3n) is 1.51. The molecule has 6 nitrogen and oxygen atoms in total. The summed E-state index contributed by atoms with van der Waals surface area (Å²) in [7, 11) is 0. The van der Waals surface area contributed by atoms with Gasteiger partial charge in [-0.15, -0.1) is 11.8 Å². The van der Waals surface area contributed by atoms with Gasteiger partial charge in [0.25, 0.3) is 0 Å². The number of anilines is 1. The summed E-state index contributed by atoms with van der Waals surface area (Å²) in [5, 5.41) is 0. The van der Waals surface area contributed by atoms with Crippen molar-refractivity contribution in [3.05, 3.63) is 18.3 Å². The van der Waals surface area contributed by atoms with Crippen LogP contribution >= 0.6 is 11.8 Å². The van der Waals surface area contributed by atoms with Crippen molar-refractivity contribution in [1.29, 1.82) is 0 Å². The van der Waals surface area contributed by atoms with Gasteiger partial charge in [-0.05, 0) is 12.1 Å². The number of pyridine rings is 1. The molecule has 0 radical (unpaired) electrons. The number of nitrogens with one attached hydrogen (secondary N) is 1. The topological polar surface area (TPSA) is 103 Å². The highest BCUT2D eigenvalue weighted by Crippen LogP contribution is 2.18. The van der Waals surface area contributed by atoms with E-state index in [1.807, 2.05) is 11.7 Å². The van der Waals surface area contributed by atoms with Crippen LogP contribution in [0.5, 0.6) is 0 Å². The Labute approximate surface area is 91.3 Å². The van der Waals surface area contributed by atoms with Gasteiger partial charge < -0.3 is 10.6 Å². The number of rotatable bonds is 5. The molecular weight excluding hydrogens is 216 g/mol. The monoisotopic (exact) mass is 228 g/mol. The summed E-state index contributed by atoms with van der Waals surface area (Å²) >= 11 is 1.50. The van der Waals surface area contributed by atoms with E-state index in [9.17, 15) is 4.79 Å². The van der Waals surface area contributed by atoms with E-state index in [0.717, 1.165) is 4.90 Å². The van der Waals surface area contributed by atoms with Gasteiger partial charge in [-0.1, -0.05) is 5.59 Å². The molecule has 0 aromatic carbocycles. The van der Waals surface area contributed by atoms with Crippen LogP contribution in [0.4, 0.5) is 5.82 Å². The van der Waals surface area contributed by atoms with Crippen molar-refractivity contribution in [3.8, 4) is 0 Å². The Morgan fingerprint density at radius 1 is 1.60 bits per heavy atom. The largest absolute Gasteiger partial charge is 0.384 e. The van der Waals surface area contributed by atoms with Crippen LogP contribution in [0.3, 0.4) is 0 Å². The molecule has 0 bridgehead atoms. The van der Waals surface area contributed by atoms with Gasteiger partial charge in [-0.2, -0.15) is 0 Å². The van der Waals surface area contributed by atoms with E-state index in [4.69, 9.17) is 11.6 Å². The summed E-state index contributed by atoms with van der Waals surface area (Å²) < 4.78 is 0. The van der Waals surface area contributed by atoms with Gasteiger partial charge in [0.05, 0.1) is 6.42 Å². The Kier molecular flexibility index (Phi) is 4.88. The van der Waals surface area contributed by atoms with Crippen molar-refractivity contribution in [3.63, 3.8) is 0 Å². The lowest BCUT2D eigenvalue weighted by Crippen LogP contribution is -2.26. The summed E-state index contributed by atoms with van der Waals surface area (Å²) in [6.07, 6.45) is 1.94. The number of hydrogen-bond acceptors (Lipinski definition) is 7. The molecule has 0 saturated carbocycles. The zero-order valence-corrected chi connectivity index (χ0v) is 8.79. The molecule has 0 aliphatic rings. The van der Waals surface area contributed by atoms with E-state index in [1.165, 1.54) is 11.8 Å². The molecule has 7 heteroatoms. The van der Waals surface area contributed by atoms with Gasteiger partial charge in [-0.25, -0.2) is 10.8 Å². The zero-order valence-electron chi connectivity index (χ0n) is 7.97. The molecule has 1 rings (SSSR count). The number of carbonyl (C=O) groups is 1. The predicted octanol–water partition coefficient (Wildman–Crippen LogP) is 0.0675. The second-order valence-electron chi connectivity index (χ2n) is 2.61. The minimum Gasteiger partial charge on any atom is -0.384 e. The van der Waals surface area contributed by atoms with Crippen LogP contribution in [-0.4, -0.2) is 16.7 Å². The van der Waals surface area contributed by atoms with E-state index >= 15 is 0 Å². The average Bonchev–Trinajstić information content (AvgIpc) is 2.21. The third kappa shape index (κ3) is 4.63. The van der Waals surface area contributed by atoms with Crippen LogP contribution < -0.4 is 17.2 Å². The molecule has 5 N–H and O–H groups in total. The van der Waals surface area contributed by atoms with Gasteiger partial charge in [0.2, 0.25) is 0 Å². The maximum absolute atomic E-state index is 10.9. The van der Waals surface area contributed by atoms with Crippen molar-refractivity contribution in [2.75, 3.05) is 11.5 Å². The molecule has 0 amide bonds. The Balaban J connectivity index is 2.26. The van der Waals surface area contributed by atoms with Gasteiger partial charge in [0.1, 0.15) is 5.82 Å². The van der Waals surface area contributed by atoms with Gasteiger partial charge in [-0.3, -0.25) is 4.79 Å². The van der Waals surface area contributed by atoms with Crippen LogP contribution in [0.2, 0.25) is 0 Å². The lowest BCUT2D eigenvalue weighted by Gasteiger charge is -2.01. The number of carbonyl (C=O) groups excluding carboxylic acids is 1. The molecule has 82 valence electrons. The summed E-state index contributed by atoms with van der Waals surface area (Å²) in [6, 6.07) is 3.56. The Hall–Kier alpha value is -1.31. The highest BCUT2D eigenvalue weighted by atomic mass is 32.2. The lowest BCUT2D eigenvalue weighted by molar-refractivity contribution is -0.150. The molecule has 0 aliphatic carbocycles. The summed E-state index contributed by atoms with van der Waals surface area (Å²) in [6.45, 7) is 0. The summed E-state index contributed by atoms with van der Waals surface area (Å²) in [4.78, 5) is 20.1. The molecule has 1 aromatic heterocycles. The first-order valence-corrected chi connectivity index (χ1v) is 5.20. The zero-order chi connectivity index (χ0) is 11.1. The molecule has 0 aliphatic heterocycles. The molecule has 0 fully saturated rings. The quantitative estimate of drug-likeness (QED) is 0.372. The van der Waals surface area contributed by atoms with Crippen molar-refractivity contribution in [2.45, 2.75) is 11.3 Å². The highest BCUT2D eigenvalue weighted by molar-refractivity contribution is 7.99. The molecule has 1 heterocycles. The smallest absolute Gasteiger partial charge is 0.327 e. The fourth-order valence-corrected chi connectivity index (χ4v) is 1.64. The Morgan fingerprint density at radius 3 is 3.00 bits per heavy atom. The van der Waals surface area contributed by atoms with Crippen molar-refractivity contribution >= 4 is 23.5 Å². The number of nitrogens with two attached hydrogens (primary N) is 2. The van der Waals surface area contributed by atoms with E-state index in [1.54, 1.807) is 12.3 Å². The predicted molar refractivity (Wildman–Crippen MR) is 57.4 cm³/mol. The molecule has 0 atom stereocenters. The fraction of sp³-hybridized carbons (Fsp3) is 0.250. The standard InChI is InChI=1S/C8H12N4O2S/c9-7-2-1-6(5-11-7)15-4-3-8(13)14-12-10/h1-2,5,12H,3-4,10H2,(H2,9,11). The number of hydrazine groups is 1. The minimum atomic E-state index is -0.395. The van der Waals surface area contributed by atoms with Crippen LogP contribution in [0.15, 0.2) is 23.2 Å². The van der Waals surface area contributed by atoms with Gasteiger partial charge in [0, 0.05) is 16.8 Å². The summed E-state index contributed by atoms with van der Waals surface area (Å²) in [5.74, 6) is 5.49. The Morgan fingerprint density at radius 2 is 2.40 bits per heavy atom. The van der Waals surface area contributed by atoms with Gasteiger partial charge >= 0.3 is 5.97 Å². The Bertz CT molecular complexity index is 317. The van der Waals surface area contributed by atoms with E-state index < -0.39 is 5.97 Å². The number of aromatic nitrogens is 1. The first-order valence-electron chi connectivity index (χ1n) is 4.22. The molecule has 15 heavy (non-hydrogen) atoms. The van der Waals surface area contributed by atoms with E-state index in [-0.39, 0.29) is 6.42 Å². The second-order valence-corrected chi connectivity index (χ2v) is 3.78. The van der Waals surface area contributed by atoms with Crippen LogP contribution in [0.1, 0.15) is 6.42 Å². The number of nitrogen functional groups attached to an aromatic ring is 1. The number of nitrogens with zero attached hydrogens (tertiary/aromatic N) is 1. The lowest BCUT2D eigenvalue weighted by atomic mass is 10.5. The van der Waals surface area contributed by atoms with E-state index in [2.05, 4.69) is 9.82 Å². The maximum Gasteiger partial charge on any atom is 0.327 e. The van der Waals surface area contributed by atoms with Crippen LogP contribution in [-0.2, 0) is 9.63 Å². The first kappa shape index (κ1) is 11.8. The molecule has 0 saturated heterocycles. The van der Waals surface area contributed by atoms with Gasteiger partial charge in [0.15, 0.2) is 0 Å². The second kappa shape index (κ2) is 6.23. The van der Waals surface area contributed by atoms with Crippen molar-refractivity contribution < 1.29 is 9.63 Å². The molecule has 1 aromatic rings. The van der Waals surface area contributed by atoms with Crippen molar-refractivity contribution in [2.24, 2.45) is 5.84 Å². The average molecular weight is 228 g/mol. The van der Waals surface area contributed by atoms with Crippen molar-refractivity contribution in [1.82, 2.24) is 10.6 Å². The maximum atomic E-state index is 10.9. The van der Waals surface area contributed by atoms with E-state index in [0.29, 0.717) is 11.6 Å². The minimum absolute atomic E-state index is 0.277. The number of hydrogen-bond donors (Lipinski definition) is 3. The molecule has 0 unspecified atom stereocenters. The highest BCUT2D eigenvalue weighted by Gasteiger charge is 2.02. The van der Waals surface area contributed by atoms with Crippen LogP contribution in [0, 0.1) is 0 Å². The van der Waals surface area contributed by atoms with Crippen LogP contribution in [0.25, 0.3) is 0 Å². The normalized spacial score (nSPS) is 9.93. The SMILES string of the molecule is NNOC(=O)CCSc1ccc(N)nc1. The fourth-order valence-electron chi connectivity index (χ4n) is 0.846. The molecular formula is C8H12N4O2S. The summed E-state index contributed by atoms with van der Waals surface area (Å²) in [5.41, 5.74) is 7.26.